The number of phenolic OH excluding ortho intramolecular Hbond substituents is 1. The van der Waals surface area contributed by atoms with Gasteiger partial charge in [0.15, 0.2) is 0 Å². The van der Waals surface area contributed by atoms with Gasteiger partial charge in [-0.05, 0) is 42.5 Å². The number of amides is 3. The Balaban J connectivity index is 2.06. The van der Waals surface area contributed by atoms with Crippen LogP contribution in [0.4, 0.5) is 0 Å². The van der Waals surface area contributed by atoms with Crippen LogP contribution in [0, 0.1) is 5.92 Å². The number of carboxylic acids is 1. The molecule has 3 amide bonds. The highest BCUT2D eigenvalue weighted by Crippen LogP contribution is 2.12. The monoisotopic (exact) mass is 528 g/mol. The quantitative estimate of drug-likeness (QED) is 0.190. The van der Waals surface area contributed by atoms with Gasteiger partial charge in [-0.2, -0.15) is 0 Å². The van der Waals surface area contributed by atoms with Gasteiger partial charge in [0.25, 0.3) is 0 Å². The van der Waals surface area contributed by atoms with Crippen molar-refractivity contribution in [2.75, 3.05) is 0 Å². The lowest BCUT2D eigenvalue weighted by molar-refractivity contribution is -0.143. The highest BCUT2D eigenvalue weighted by Gasteiger charge is 2.33. The Morgan fingerprint density at radius 3 is 1.82 bits per heavy atom. The molecule has 206 valence electrons. The second-order valence-corrected chi connectivity index (χ2v) is 9.52. The number of aliphatic carboxylic acids is 1. The van der Waals surface area contributed by atoms with E-state index in [1.807, 2.05) is 0 Å². The first kappa shape index (κ1) is 30.3. The Hall–Kier alpha value is -3.96. The molecule has 0 saturated carbocycles. The van der Waals surface area contributed by atoms with Gasteiger partial charge in [-0.1, -0.05) is 56.3 Å². The summed E-state index contributed by atoms with van der Waals surface area (Å²) in [5, 5.41) is 36.6. The van der Waals surface area contributed by atoms with Gasteiger partial charge in [0.2, 0.25) is 17.7 Å². The maximum absolute atomic E-state index is 13.1. The van der Waals surface area contributed by atoms with E-state index in [4.69, 9.17) is 5.73 Å². The van der Waals surface area contributed by atoms with Crippen LogP contribution in [0.1, 0.15) is 31.9 Å². The SMILES string of the molecule is CC(C)C(NC(=O)C(N)Cc1ccc(O)cc1)C(=O)NC(C(=O)NC(Cc1ccccc1)C(=O)O)C(C)O. The molecule has 2 aromatic rings. The second-order valence-electron chi connectivity index (χ2n) is 9.52. The van der Waals surface area contributed by atoms with E-state index in [1.54, 1.807) is 56.3 Å². The zero-order chi connectivity index (χ0) is 28.4. The van der Waals surface area contributed by atoms with Crippen molar-refractivity contribution in [2.45, 2.75) is 63.9 Å². The van der Waals surface area contributed by atoms with Crippen LogP contribution in [0.5, 0.6) is 5.75 Å². The molecular formula is C27H36N4O7. The zero-order valence-corrected chi connectivity index (χ0v) is 21.6. The molecule has 0 aliphatic rings. The van der Waals surface area contributed by atoms with Crippen LogP contribution in [-0.2, 0) is 32.0 Å². The normalized spacial score (nSPS) is 15.0. The molecule has 5 atom stereocenters. The van der Waals surface area contributed by atoms with Crippen LogP contribution in [0.3, 0.4) is 0 Å². The van der Waals surface area contributed by atoms with Gasteiger partial charge < -0.3 is 37.0 Å². The summed E-state index contributed by atoms with van der Waals surface area (Å²) in [6.07, 6.45) is -1.19. The summed E-state index contributed by atoms with van der Waals surface area (Å²) >= 11 is 0. The maximum atomic E-state index is 13.1. The van der Waals surface area contributed by atoms with Crippen LogP contribution in [0.2, 0.25) is 0 Å². The van der Waals surface area contributed by atoms with Crippen molar-refractivity contribution in [1.82, 2.24) is 16.0 Å². The number of phenols is 1. The molecule has 38 heavy (non-hydrogen) atoms. The Kier molecular flexibility index (Phi) is 11.2. The number of nitrogens with two attached hydrogens (primary N) is 1. The topological polar surface area (TPSA) is 191 Å². The third-order valence-corrected chi connectivity index (χ3v) is 5.94. The molecule has 0 fully saturated rings. The van der Waals surface area contributed by atoms with E-state index in [0.29, 0.717) is 11.1 Å². The second kappa shape index (κ2) is 14.1. The van der Waals surface area contributed by atoms with Gasteiger partial charge in [-0.15, -0.1) is 0 Å². The number of aliphatic hydroxyl groups excluding tert-OH is 1. The van der Waals surface area contributed by atoms with Crippen LogP contribution in [0.15, 0.2) is 54.6 Å². The minimum Gasteiger partial charge on any atom is -0.508 e. The van der Waals surface area contributed by atoms with Gasteiger partial charge >= 0.3 is 5.97 Å². The Morgan fingerprint density at radius 1 is 0.763 bits per heavy atom. The molecule has 0 saturated heterocycles. The molecule has 2 rings (SSSR count). The van der Waals surface area contributed by atoms with Crippen molar-refractivity contribution in [2.24, 2.45) is 11.7 Å². The largest absolute Gasteiger partial charge is 0.508 e. The fourth-order valence-electron chi connectivity index (χ4n) is 3.73. The van der Waals surface area contributed by atoms with E-state index in [-0.39, 0.29) is 18.6 Å². The van der Waals surface area contributed by atoms with Gasteiger partial charge in [0, 0.05) is 6.42 Å². The third kappa shape index (κ3) is 9.16. The average molecular weight is 529 g/mol. The predicted octanol–water partition coefficient (Wildman–Crippen LogP) is 0.0805. The first-order chi connectivity index (χ1) is 17.9. The van der Waals surface area contributed by atoms with E-state index >= 15 is 0 Å². The van der Waals surface area contributed by atoms with E-state index in [0.717, 1.165) is 0 Å². The number of aliphatic hydroxyl groups is 1. The van der Waals surface area contributed by atoms with Gasteiger partial charge in [0.05, 0.1) is 12.1 Å². The van der Waals surface area contributed by atoms with Crippen molar-refractivity contribution in [1.29, 1.82) is 0 Å². The summed E-state index contributed by atoms with van der Waals surface area (Å²) in [5.41, 5.74) is 7.41. The number of aromatic hydroxyl groups is 1. The molecule has 0 radical (unpaired) electrons. The van der Waals surface area contributed by atoms with Gasteiger partial charge in [0.1, 0.15) is 23.9 Å². The number of carboxylic acid groups (broad SMARTS) is 1. The standard InChI is InChI=1S/C27H36N4O7/c1-15(2)22(30-24(34)20(28)13-18-9-11-19(33)12-10-18)25(35)31-23(16(3)32)26(36)29-21(27(37)38)14-17-7-5-4-6-8-17/h4-12,15-16,20-23,32-33H,13-14,28H2,1-3H3,(H,29,36)(H,30,34)(H,31,35)(H,37,38). The number of hydrogen-bond acceptors (Lipinski definition) is 7. The molecule has 11 heteroatoms. The lowest BCUT2D eigenvalue weighted by atomic mass is 10.00. The molecule has 8 N–H and O–H groups in total. The maximum Gasteiger partial charge on any atom is 0.326 e. The molecule has 2 aromatic carbocycles. The Morgan fingerprint density at radius 2 is 1.29 bits per heavy atom. The Labute approximate surface area is 221 Å². The fraction of sp³-hybridized carbons (Fsp3) is 0.407. The number of hydrogen-bond donors (Lipinski definition) is 7. The first-order valence-corrected chi connectivity index (χ1v) is 12.3. The van der Waals surface area contributed by atoms with E-state index in [2.05, 4.69) is 16.0 Å². The summed E-state index contributed by atoms with van der Waals surface area (Å²) in [5.74, 6) is -3.81. The van der Waals surface area contributed by atoms with Crippen LogP contribution in [-0.4, -0.2) is 69.3 Å². The molecule has 11 nitrogen and oxygen atoms in total. The predicted molar refractivity (Wildman–Crippen MR) is 140 cm³/mol. The highest BCUT2D eigenvalue weighted by molar-refractivity contribution is 5.94. The number of rotatable bonds is 13. The number of carbonyl (C=O) groups excluding carboxylic acids is 3. The van der Waals surface area contributed by atoms with Crippen molar-refractivity contribution in [3.8, 4) is 5.75 Å². The minimum absolute atomic E-state index is 0.00594. The third-order valence-electron chi connectivity index (χ3n) is 5.94. The first-order valence-electron chi connectivity index (χ1n) is 12.3. The van der Waals surface area contributed by atoms with Crippen molar-refractivity contribution < 1.29 is 34.5 Å². The summed E-state index contributed by atoms with van der Waals surface area (Å²) in [7, 11) is 0. The molecule has 0 aliphatic carbocycles. The molecule has 0 bridgehead atoms. The summed E-state index contributed by atoms with van der Waals surface area (Å²) in [4.78, 5) is 50.4. The molecule has 0 aromatic heterocycles. The lowest BCUT2D eigenvalue weighted by Gasteiger charge is -2.28. The minimum atomic E-state index is -1.47. The fourth-order valence-corrected chi connectivity index (χ4v) is 3.73. The number of carbonyl (C=O) groups is 4. The number of nitrogens with one attached hydrogen (secondary N) is 3. The van der Waals surface area contributed by atoms with Crippen molar-refractivity contribution in [3.63, 3.8) is 0 Å². The van der Waals surface area contributed by atoms with E-state index < -0.39 is 59.9 Å². The molecule has 5 unspecified atom stereocenters. The molecule has 0 heterocycles. The summed E-state index contributed by atoms with van der Waals surface area (Å²) < 4.78 is 0. The lowest BCUT2D eigenvalue weighted by Crippen LogP contribution is -2.61. The molecular weight excluding hydrogens is 492 g/mol. The van der Waals surface area contributed by atoms with E-state index in [1.165, 1.54) is 19.1 Å². The number of benzene rings is 2. The molecule has 0 aliphatic heterocycles. The van der Waals surface area contributed by atoms with Crippen molar-refractivity contribution >= 4 is 23.7 Å². The highest BCUT2D eigenvalue weighted by atomic mass is 16.4. The summed E-state index contributed by atoms with van der Waals surface area (Å²) in [6.45, 7) is 4.66. The zero-order valence-electron chi connectivity index (χ0n) is 21.6. The average Bonchev–Trinajstić information content (AvgIpc) is 2.86. The summed E-state index contributed by atoms with van der Waals surface area (Å²) in [6, 6.07) is 10.1. The smallest absolute Gasteiger partial charge is 0.326 e. The Bertz CT molecular complexity index is 1090. The van der Waals surface area contributed by atoms with Crippen LogP contribution < -0.4 is 21.7 Å². The van der Waals surface area contributed by atoms with Gasteiger partial charge in [-0.25, -0.2) is 4.79 Å². The molecule has 0 spiro atoms. The van der Waals surface area contributed by atoms with Crippen LogP contribution in [0.25, 0.3) is 0 Å². The van der Waals surface area contributed by atoms with Crippen LogP contribution >= 0.6 is 0 Å². The van der Waals surface area contributed by atoms with Gasteiger partial charge in [-0.3, -0.25) is 14.4 Å². The van der Waals surface area contributed by atoms with Crippen molar-refractivity contribution in [3.05, 3.63) is 65.7 Å². The van der Waals surface area contributed by atoms with E-state index in [9.17, 15) is 34.5 Å².